The Bertz CT molecular complexity index is 748. The Hall–Kier alpha value is -0.630. The highest BCUT2D eigenvalue weighted by atomic mass is 16.3. The minimum absolute atomic E-state index is 0.00283. The van der Waals surface area contributed by atoms with Crippen LogP contribution >= 0.6 is 0 Å². The van der Waals surface area contributed by atoms with E-state index in [1.165, 1.54) is 51.4 Å². The third-order valence-corrected chi connectivity index (χ3v) is 11.6. The van der Waals surface area contributed by atoms with Gasteiger partial charge in [0.15, 0.2) is 0 Å². The van der Waals surface area contributed by atoms with Crippen molar-refractivity contribution < 1.29 is 9.90 Å². The highest BCUT2D eigenvalue weighted by Gasteiger charge is 2.65. The predicted octanol–water partition coefficient (Wildman–Crippen LogP) is 6.96. The van der Waals surface area contributed by atoms with E-state index in [0.29, 0.717) is 29.1 Å². The van der Waals surface area contributed by atoms with Crippen LogP contribution in [0.4, 0.5) is 0 Å². The first-order valence-electron chi connectivity index (χ1n) is 13.6. The number of aliphatic hydroxyl groups excluding tert-OH is 1. The van der Waals surface area contributed by atoms with Crippen LogP contribution < -0.4 is 0 Å². The Morgan fingerprint density at radius 1 is 1.03 bits per heavy atom. The molecule has 4 saturated carbocycles. The van der Waals surface area contributed by atoms with Crippen LogP contribution in [0.3, 0.4) is 0 Å². The second-order valence-electron chi connectivity index (χ2n) is 13.1. The highest BCUT2D eigenvalue weighted by Crippen LogP contribution is 2.72. The standard InChI is InChI=1S/C29H46O2/c1-19(18-30)6-5-7-20(2)22-9-10-23-21-8-11-25-28(4,24(21)12-14-27(22,23)3)15-13-26(31)29(25)16-17-29/h11,19-24,30H,5-10,12-18H2,1-4H3/t19-,20+,21-,22+,23-,24-,27+,28+/m0/s1. The van der Waals surface area contributed by atoms with Crippen molar-refractivity contribution in [1.82, 2.24) is 0 Å². The largest absolute Gasteiger partial charge is 0.396 e. The van der Waals surface area contributed by atoms with Crippen molar-refractivity contribution >= 4 is 5.78 Å². The van der Waals surface area contributed by atoms with Crippen LogP contribution in [0, 0.1) is 51.8 Å². The number of rotatable bonds is 6. The van der Waals surface area contributed by atoms with Gasteiger partial charge in [0.1, 0.15) is 5.78 Å². The van der Waals surface area contributed by atoms with Gasteiger partial charge in [-0.05, 0) is 104 Å². The molecule has 0 amide bonds. The van der Waals surface area contributed by atoms with Crippen LogP contribution in [0.5, 0.6) is 0 Å². The molecule has 0 unspecified atom stereocenters. The van der Waals surface area contributed by atoms with Crippen LogP contribution in [-0.2, 0) is 4.79 Å². The van der Waals surface area contributed by atoms with E-state index in [-0.39, 0.29) is 5.41 Å². The maximum Gasteiger partial charge on any atom is 0.143 e. The number of ketones is 1. The minimum Gasteiger partial charge on any atom is -0.396 e. The Balaban J connectivity index is 1.33. The van der Waals surface area contributed by atoms with Crippen molar-refractivity contribution in [1.29, 1.82) is 0 Å². The molecule has 0 radical (unpaired) electrons. The van der Waals surface area contributed by atoms with Gasteiger partial charge < -0.3 is 5.11 Å². The molecule has 31 heavy (non-hydrogen) atoms. The van der Waals surface area contributed by atoms with Gasteiger partial charge in [-0.1, -0.05) is 52.2 Å². The minimum atomic E-state index is -0.00283. The zero-order valence-corrected chi connectivity index (χ0v) is 20.6. The fourth-order valence-corrected chi connectivity index (χ4v) is 9.65. The molecule has 1 spiro atoms. The van der Waals surface area contributed by atoms with Gasteiger partial charge in [0.25, 0.3) is 0 Å². The summed E-state index contributed by atoms with van der Waals surface area (Å²) >= 11 is 0. The third-order valence-electron chi connectivity index (χ3n) is 11.6. The lowest BCUT2D eigenvalue weighted by atomic mass is 9.45. The molecule has 5 aliphatic rings. The molecule has 0 saturated heterocycles. The molecule has 0 aliphatic heterocycles. The van der Waals surface area contributed by atoms with E-state index in [1.54, 1.807) is 5.57 Å². The van der Waals surface area contributed by atoms with Crippen molar-refractivity contribution in [3.8, 4) is 0 Å². The highest BCUT2D eigenvalue weighted by molar-refractivity contribution is 5.92. The first-order chi connectivity index (χ1) is 14.8. The van der Waals surface area contributed by atoms with Gasteiger partial charge in [-0.2, -0.15) is 0 Å². The maximum absolute atomic E-state index is 12.8. The number of hydrogen-bond acceptors (Lipinski definition) is 2. The number of allylic oxidation sites excluding steroid dienone is 2. The molecule has 0 aromatic heterocycles. The quantitative estimate of drug-likeness (QED) is 0.466. The van der Waals surface area contributed by atoms with Gasteiger partial charge in [-0.3, -0.25) is 4.79 Å². The zero-order chi connectivity index (χ0) is 22.0. The van der Waals surface area contributed by atoms with E-state index in [9.17, 15) is 9.90 Å². The second kappa shape index (κ2) is 7.71. The second-order valence-corrected chi connectivity index (χ2v) is 13.1. The average Bonchev–Trinajstić information content (AvgIpc) is 3.45. The topological polar surface area (TPSA) is 37.3 Å². The van der Waals surface area contributed by atoms with Gasteiger partial charge in [0.2, 0.25) is 0 Å². The third kappa shape index (κ3) is 3.24. The molecule has 2 heteroatoms. The average molecular weight is 427 g/mol. The first kappa shape index (κ1) is 22.2. The molecule has 4 fully saturated rings. The lowest BCUT2D eigenvalue weighted by Crippen LogP contribution is -2.52. The molecule has 174 valence electrons. The van der Waals surface area contributed by atoms with Gasteiger partial charge in [-0.25, -0.2) is 0 Å². The lowest BCUT2D eigenvalue weighted by molar-refractivity contribution is -0.128. The summed E-state index contributed by atoms with van der Waals surface area (Å²) in [5, 5.41) is 9.35. The Morgan fingerprint density at radius 3 is 2.52 bits per heavy atom. The number of aliphatic hydroxyl groups is 1. The van der Waals surface area contributed by atoms with Crippen LogP contribution in [0.2, 0.25) is 0 Å². The summed E-state index contributed by atoms with van der Waals surface area (Å²) in [5.74, 6) is 5.26. The lowest BCUT2D eigenvalue weighted by Gasteiger charge is -2.59. The fraction of sp³-hybridized carbons (Fsp3) is 0.897. The van der Waals surface area contributed by atoms with Crippen LogP contribution in [0.1, 0.15) is 105 Å². The van der Waals surface area contributed by atoms with E-state index >= 15 is 0 Å². The molecule has 0 bridgehead atoms. The fourth-order valence-electron chi connectivity index (χ4n) is 9.65. The van der Waals surface area contributed by atoms with Crippen LogP contribution in [0.25, 0.3) is 0 Å². The molecule has 8 atom stereocenters. The van der Waals surface area contributed by atoms with Gasteiger partial charge in [-0.15, -0.1) is 0 Å². The van der Waals surface area contributed by atoms with Gasteiger partial charge >= 0.3 is 0 Å². The summed E-state index contributed by atoms with van der Waals surface area (Å²) < 4.78 is 0. The summed E-state index contributed by atoms with van der Waals surface area (Å²) in [4.78, 5) is 12.8. The van der Waals surface area contributed by atoms with Crippen molar-refractivity contribution in [2.24, 2.45) is 51.8 Å². The molecule has 1 N–H and O–H groups in total. The SMILES string of the molecule is C[C@H](CO)CCC[C@@H](C)[C@H]1CC[C@H]2[C@@H]3CC=C4C5(CC5)C(=O)CC[C@]4(C)[C@H]3CC[C@]12C. The van der Waals surface area contributed by atoms with Gasteiger partial charge in [0.05, 0.1) is 5.41 Å². The van der Waals surface area contributed by atoms with Crippen molar-refractivity contribution in [2.45, 2.75) is 105 Å². The van der Waals surface area contributed by atoms with Crippen molar-refractivity contribution in [3.63, 3.8) is 0 Å². The van der Waals surface area contributed by atoms with Crippen LogP contribution in [-0.4, -0.2) is 17.5 Å². The Kier molecular flexibility index (Phi) is 5.52. The Morgan fingerprint density at radius 2 is 1.81 bits per heavy atom. The Labute approximate surface area is 190 Å². The number of carbonyl (C=O) groups is 1. The molecule has 0 aromatic carbocycles. The number of Topliss-reactive ketones (excluding diaryl/α,β-unsaturated/α-hetero) is 1. The number of carbonyl (C=O) groups excluding carboxylic acids is 1. The van der Waals surface area contributed by atoms with Gasteiger partial charge in [0, 0.05) is 13.0 Å². The maximum atomic E-state index is 12.8. The zero-order valence-electron chi connectivity index (χ0n) is 20.6. The summed E-state index contributed by atoms with van der Waals surface area (Å²) in [6.07, 6.45) is 17.5. The van der Waals surface area contributed by atoms with E-state index < -0.39 is 0 Å². The monoisotopic (exact) mass is 426 g/mol. The van der Waals surface area contributed by atoms with E-state index in [0.717, 1.165) is 55.3 Å². The first-order valence-corrected chi connectivity index (χ1v) is 13.6. The smallest absolute Gasteiger partial charge is 0.143 e. The molecule has 2 nitrogen and oxygen atoms in total. The molecular formula is C29H46O2. The summed E-state index contributed by atoms with van der Waals surface area (Å²) in [5.41, 5.74) is 2.42. The molecule has 5 rings (SSSR count). The number of hydrogen-bond donors (Lipinski definition) is 1. The molecule has 0 aromatic rings. The summed E-state index contributed by atoms with van der Waals surface area (Å²) in [7, 11) is 0. The molecular weight excluding hydrogens is 380 g/mol. The van der Waals surface area contributed by atoms with E-state index in [2.05, 4.69) is 33.8 Å². The summed E-state index contributed by atoms with van der Waals surface area (Å²) in [6.45, 7) is 10.3. The van der Waals surface area contributed by atoms with Crippen molar-refractivity contribution in [3.05, 3.63) is 11.6 Å². The van der Waals surface area contributed by atoms with Crippen molar-refractivity contribution in [2.75, 3.05) is 6.61 Å². The normalized spacial score (nSPS) is 44.8. The van der Waals surface area contributed by atoms with Crippen LogP contribution in [0.15, 0.2) is 11.6 Å². The molecule has 5 aliphatic carbocycles. The van der Waals surface area contributed by atoms with E-state index in [4.69, 9.17) is 0 Å². The molecule has 0 heterocycles. The summed E-state index contributed by atoms with van der Waals surface area (Å²) in [6, 6.07) is 0. The number of fused-ring (bicyclic) bond motifs is 6. The van der Waals surface area contributed by atoms with E-state index in [1.807, 2.05) is 0 Å². The predicted molar refractivity (Wildman–Crippen MR) is 127 cm³/mol.